The molecule has 0 aliphatic carbocycles. The molecule has 4 heteroatoms. The third-order valence-corrected chi connectivity index (χ3v) is 2.95. The first-order chi connectivity index (χ1) is 9.18. The maximum atomic E-state index is 12.4. The summed E-state index contributed by atoms with van der Waals surface area (Å²) in [6.45, 7) is 1.60. The molecule has 2 aromatic heterocycles. The molecular weight excluding hydrogens is 244 g/mol. The lowest BCUT2D eigenvalue weighted by Gasteiger charge is -2.04. The van der Waals surface area contributed by atoms with E-state index in [1.807, 2.05) is 0 Å². The van der Waals surface area contributed by atoms with Crippen molar-refractivity contribution in [3.63, 3.8) is 0 Å². The van der Waals surface area contributed by atoms with Gasteiger partial charge < -0.3 is 8.83 Å². The number of carbonyl (C=O) groups is 1. The van der Waals surface area contributed by atoms with Crippen molar-refractivity contribution in [3.8, 4) is 0 Å². The highest BCUT2D eigenvalue weighted by Crippen LogP contribution is 2.17. The summed E-state index contributed by atoms with van der Waals surface area (Å²) in [4.78, 5) is 24.6. The molecule has 0 N–H and O–H groups in total. The third kappa shape index (κ3) is 1.78. The minimum absolute atomic E-state index is 0.0219. The SMILES string of the molecule is Cc1oc2ccccc2c(=O)c1C(=O)c1ccco1. The number of carbonyl (C=O) groups excluding carboxylic acids is 1. The normalized spacial score (nSPS) is 10.8. The van der Waals surface area contributed by atoms with Crippen molar-refractivity contribution in [1.82, 2.24) is 0 Å². The van der Waals surface area contributed by atoms with Crippen LogP contribution in [0.15, 0.2) is 56.3 Å². The van der Waals surface area contributed by atoms with E-state index in [2.05, 4.69) is 0 Å². The zero-order valence-corrected chi connectivity index (χ0v) is 10.2. The number of hydrogen-bond donors (Lipinski definition) is 0. The molecule has 0 amide bonds. The Kier molecular flexibility index (Phi) is 2.56. The van der Waals surface area contributed by atoms with Crippen LogP contribution in [-0.2, 0) is 0 Å². The summed E-state index contributed by atoms with van der Waals surface area (Å²) in [5.74, 6) is -0.0298. The first kappa shape index (κ1) is 11.5. The van der Waals surface area contributed by atoms with Crippen molar-refractivity contribution in [2.24, 2.45) is 0 Å². The van der Waals surface area contributed by atoms with Gasteiger partial charge in [-0.25, -0.2) is 0 Å². The van der Waals surface area contributed by atoms with Crippen LogP contribution in [-0.4, -0.2) is 5.78 Å². The Bertz CT molecular complexity index is 810. The van der Waals surface area contributed by atoms with Gasteiger partial charge in [-0.15, -0.1) is 0 Å². The van der Waals surface area contributed by atoms with Gasteiger partial charge in [0.05, 0.1) is 11.6 Å². The summed E-state index contributed by atoms with van der Waals surface area (Å²) in [5, 5.41) is 0.392. The highest BCUT2D eigenvalue weighted by molar-refractivity contribution is 6.08. The average Bonchev–Trinajstić information content (AvgIpc) is 2.92. The van der Waals surface area contributed by atoms with Crippen molar-refractivity contribution in [2.45, 2.75) is 6.92 Å². The molecular formula is C15H10O4. The van der Waals surface area contributed by atoms with E-state index >= 15 is 0 Å². The molecule has 0 atom stereocenters. The fourth-order valence-electron chi connectivity index (χ4n) is 2.05. The van der Waals surface area contributed by atoms with Gasteiger partial charge in [0.2, 0.25) is 11.2 Å². The van der Waals surface area contributed by atoms with Crippen molar-refractivity contribution in [2.75, 3.05) is 0 Å². The highest BCUT2D eigenvalue weighted by Gasteiger charge is 2.21. The Morgan fingerprint density at radius 3 is 2.63 bits per heavy atom. The standard InChI is InChI=1S/C15H10O4/c1-9-13(15(17)12-7-4-8-18-12)14(16)10-5-2-3-6-11(10)19-9/h2-8H,1H3. The van der Waals surface area contributed by atoms with Crippen LogP contribution in [0.4, 0.5) is 0 Å². The molecule has 0 spiro atoms. The molecule has 0 aliphatic heterocycles. The number of hydrogen-bond acceptors (Lipinski definition) is 4. The minimum atomic E-state index is -0.456. The smallest absolute Gasteiger partial charge is 0.235 e. The first-order valence-electron chi connectivity index (χ1n) is 5.79. The molecule has 3 aromatic rings. The topological polar surface area (TPSA) is 60.4 Å². The van der Waals surface area contributed by atoms with E-state index in [0.717, 1.165) is 0 Å². The lowest BCUT2D eigenvalue weighted by molar-refractivity contribution is 0.101. The summed E-state index contributed by atoms with van der Waals surface area (Å²) < 4.78 is 10.6. The van der Waals surface area contributed by atoms with Crippen LogP contribution in [0.3, 0.4) is 0 Å². The molecule has 19 heavy (non-hydrogen) atoms. The molecule has 0 unspecified atom stereocenters. The zero-order chi connectivity index (χ0) is 13.4. The molecule has 0 saturated heterocycles. The second-order valence-corrected chi connectivity index (χ2v) is 4.16. The quantitative estimate of drug-likeness (QED) is 0.660. The monoisotopic (exact) mass is 254 g/mol. The largest absolute Gasteiger partial charge is 0.461 e. The summed E-state index contributed by atoms with van der Waals surface area (Å²) >= 11 is 0. The predicted molar refractivity (Wildman–Crippen MR) is 69.4 cm³/mol. The van der Waals surface area contributed by atoms with E-state index in [1.54, 1.807) is 37.3 Å². The van der Waals surface area contributed by atoms with E-state index in [-0.39, 0.29) is 16.8 Å². The first-order valence-corrected chi connectivity index (χ1v) is 5.79. The van der Waals surface area contributed by atoms with Gasteiger partial charge in [0.15, 0.2) is 5.76 Å². The van der Waals surface area contributed by atoms with Gasteiger partial charge in [-0.05, 0) is 31.2 Å². The number of rotatable bonds is 2. The number of aryl methyl sites for hydroxylation is 1. The number of fused-ring (bicyclic) bond motifs is 1. The van der Waals surface area contributed by atoms with E-state index in [4.69, 9.17) is 8.83 Å². The summed E-state index contributed by atoms with van der Waals surface area (Å²) in [6, 6.07) is 9.97. The van der Waals surface area contributed by atoms with E-state index in [9.17, 15) is 9.59 Å². The minimum Gasteiger partial charge on any atom is -0.461 e. The van der Waals surface area contributed by atoms with E-state index in [1.165, 1.54) is 12.3 Å². The number of para-hydroxylation sites is 1. The maximum absolute atomic E-state index is 12.4. The van der Waals surface area contributed by atoms with Crippen molar-refractivity contribution >= 4 is 16.8 Å². The molecule has 0 bridgehead atoms. The Hall–Kier alpha value is -2.62. The van der Waals surface area contributed by atoms with Crippen LogP contribution in [0.25, 0.3) is 11.0 Å². The van der Waals surface area contributed by atoms with Crippen molar-refractivity contribution < 1.29 is 13.6 Å². The molecule has 2 heterocycles. The fraction of sp³-hybridized carbons (Fsp3) is 0.0667. The molecule has 3 rings (SSSR count). The molecule has 0 aliphatic rings. The molecule has 1 aromatic carbocycles. The Morgan fingerprint density at radius 1 is 1.11 bits per heavy atom. The zero-order valence-electron chi connectivity index (χ0n) is 10.2. The van der Waals surface area contributed by atoms with Crippen molar-refractivity contribution in [3.05, 3.63) is 70.0 Å². The van der Waals surface area contributed by atoms with Gasteiger partial charge in [0, 0.05) is 0 Å². The number of furan rings is 1. The second-order valence-electron chi connectivity index (χ2n) is 4.16. The number of benzene rings is 1. The van der Waals surface area contributed by atoms with Gasteiger partial charge in [-0.3, -0.25) is 9.59 Å². The Balaban J connectivity index is 2.30. The van der Waals surface area contributed by atoms with Crippen LogP contribution < -0.4 is 5.43 Å². The summed E-state index contributed by atoms with van der Waals surface area (Å²) in [7, 11) is 0. The molecule has 0 radical (unpaired) electrons. The lowest BCUT2D eigenvalue weighted by Crippen LogP contribution is -2.17. The van der Waals surface area contributed by atoms with E-state index in [0.29, 0.717) is 16.7 Å². The highest BCUT2D eigenvalue weighted by atomic mass is 16.3. The van der Waals surface area contributed by atoms with Gasteiger partial charge in [-0.2, -0.15) is 0 Å². The van der Waals surface area contributed by atoms with Gasteiger partial charge in [0.25, 0.3) is 0 Å². The maximum Gasteiger partial charge on any atom is 0.235 e. The fourth-order valence-corrected chi connectivity index (χ4v) is 2.05. The molecule has 94 valence electrons. The average molecular weight is 254 g/mol. The lowest BCUT2D eigenvalue weighted by atomic mass is 10.1. The van der Waals surface area contributed by atoms with Crippen molar-refractivity contribution in [1.29, 1.82) is 0 Å². The van der Waals surface area contributed by atoms with Crippen LogP contribution in [0.5, 0.6) is 0 Å². The van der Waals surface area contributed by atoms with Crippen LogP contribution in [0, 0.1) is 6.92 Å². The summed E-state index contributed by atoms with van der Waals surface area (Å²) in [5.41, 5.74) is 0.162. The van der Waals surface area contributed by atoms with E-state index < -0.39 is 5.78 Å². The van der Waals surface area contributed by atoms with Crippen LogP contribution in [0.1, 0.15) is 21.9 Å². The van der Waals surface area contributed by atoms with Gasteiger partial charge in [-0.1, -0.05) is 12.1 Å². The predicted octanol–water partition coefficient (Wildman–Crippen LogP) is 2.93. The Labute approximate surface area is 108 Å². The van der Waals surface area contributed by atoms with Crippen LogP contribution >= 0.6 is 0 Å². The molecule has 4 nitrogen and oxygen atoms in total. The molecule has 0 fully saturated rings. The Morgan fingerprint density at radius 2 is 1.89 bits per heavy atom. The third-order valence-electron chi connectivity index (χ3n) is 2.95. The number of ketones is 1. The summed E-state index contributed by atoms with van der Waals surface area (Å²) in [6.07, 6.45) is 1.39. The van der Waals surface area contributed by atoms with Gasteiger partial charge in [0.1, 0.15) is 16.9 Å². The van der Waals surface area contributed by atoms with Crippen LogP contribution in [0.2, 0.25) is 0 Å². The second kappa shape index (κ2) is 4.24. The van der Waals surface area contributed by atoms with Gasteiger partial charge >= 0.3 is 0 Å². The molecule has 0 saturated carbocycles.